The minimum Gasteiger partial charge on any atom is -0.311 e. The zero-order valence-electron chi connectivity index (χ0n) is 30.1. The first-order valence-electron chi connectivity index (χ1n) is 18.2. The van der Waals surface area contributed by atoms with Gasteiger partial charge in [-0.15, -0.1) is 0 Å². The first-order valence-corrected chi connectivity index (χ1v) is 18.2. The van der Waals surface area contributed by atoms with Crippen LogP contribution in [0.25, 0.3) is 34.4 Å². The number of nitrogens with zero attached hydrogens (tertiary/aromatic N) is 2. The molecule has 0 spiro atoms. The molecule has 0 aliphatic carbocycles. The van der Waals surface area contributed by atoms with Crippen LogP contribution in [-0.4, -0.2) is 0 Å². The predicted molar refractivity (Wildman–Crippen MR) is 227 cm³/mol. The monoisotopic (exact) mass is 698 g/mol. The lowest BCUT2D eigenvalue weighted by Crippen LogP contribution is -2.09. The lowest BCUT2D eigenvalue weighted by atomic mass is 10.0. The maximum Gasteiger partial charge on any atom is 0.123 e. The number of rotatable bonds is 10. The minimum absolute atomic E-state index is 0.249. The molecule has 0 heterocycles. The largest absolute Gasteiger partial charge is 0.311 e. The highest BCUT2D eigenvalue weighted by Crippen LogP contribution is 2.37. The molecule has 0 unspecified atom stereocenters. The second-order valence-electron chi connectivity index (χ2n) is 13.3. The van der Waals surface area contributed by atoms with Crippen molar-refractivity contribution in [3.63, 3.8) is 0 Å². The fraction of sp³-hybridized carbons (Fsp3) is 0.0196. The molecule has 0 aromatic heterocycles. The molecule has 3 heteroatoms. The van der Waals surface area contributed by atoms with Crippen LogP contribution in [0, 0.1) is 12.7 Å². The van der Waals surface area contributed by atoms with Crippen molar-refractivity contribution in [1.82, 2.24) is 0 Å². The van der Waals surface area contributed by atoms with E-state index in [0.717, 1.165) is 50.8 Å². The van der Waals surface area contributed by atoms with E-state index >= 15 is 0 Å². The van der Waals surface area contributed by atoms with Gasteiger partial charge < -0.3 is 9.80 Å². The van der Waals surface area contributed by atoms with Gasteiger partial charge in [-0.25, -0.2) is 4.39 Å². The van der Waals surface area contributed by atoms with Gasteiger partial charge in [0.25, 0.3) is 0 Å². The summed E-state index contributed by atoms with van der Waals surface area (Å²) < 4.78 is 13.8. The van der Waals surface area contributed by atoms with E-state index in [-0.39, 0.29) is 5.82 Å². The van der Waals surface area contributed by atoms with Crippen LogP contribution in [0.4, 0.5) is 38.5 Å². The molecule has 0 fully saturated rings. The molecular formula is C51H39FN2. The molecule has 0 amide bonds. The average molecular weight is 699 g/mol. The first-order chi connectivity index (χ1) is 26.6. The number of aryl methyl sites for hydroxylation is 1. The van der Waals surface area contributed by atoms with Gasteiger partial charge in [-0.1, -0.05) is 139 Å². The SMILES string of the molecule is Cc1ccc(N(c2ccc(F)cc2)c2ccc(C=Cc3ccc(-c4ccc(N(c5ccccc5)c5ccc(-c6ccccc6)cc5)cc4)cc3)cc2)cc1. The fourth-order valence-corrected chi connectivity index (χ4v) is 6.71. The van der Waals surface area contributed by atoms with Crippen LogP contribution in [0.2, 0.25) is 0 Å². The number of anilines is 6. The fourth-order valence-electron chi connectivity index (χ4n) is 6.71. The summed E-state index contributed by atoms with van der Waals surface area (Å²) in [7, 11) is 0. The highest BCUT2D eigenvalue weighted by Gasteiger charge is 2.14. The van der Waals surface area contributed by atoms with Crippen molar-refractivity contribution in [2.45, 2.75) is 6.92 Å². The Morgan fingerprint density at radius 2 is 0.611 bits per heavy atom. The van der Waals surface area contributed by atoms with E-state index in [2.05, 4.69) is 205 Å². The molecule has 0 saturated heterocycles. The molecule has 0 bridgehead atoms. The van der Waals surface area contributed by atoms with Crippen molar-refractivity contribution in [3.8, 4) is 22.3 Å². The Kier molecular flexibility index (Phi) is 9.94. The van der Waals surface area contributed by atoms with Gasteiger partial charge in [0.05, 0.1) is 0 Å². The molecule has 0 aliphatic rings. The average Bonchev–Trinajstić information content (AvgIpc) is 3.23. The molecule has 8 aromatic carbocycles. The summed E-state index contributed by atoms with van der Waals surface area (Å²) in [4.78, 5) is 4.43. The highest BCUT2D eigenvalue weighted by atomic mass is 19.1. The Morgan fingerprint density at radius 1 is 0.315 bits per heavy atom. The molecular weight excluding hydrogens is 660 g/mol. The summed E-state index contributed by atoms with van der Waals surface area (Å²) in [6, 6.07) is 70.6. The number of benzene rings is 8. The quantitative estimate of drug-likeness (QED) is 0.131. The number of para-hydroxylation sites is 1. The van der Waals surface area contributed by atoms with E-state index in [9.17, 15) is 4.39 Å². The predicted octanol–water partition coefficient (Wildman–Crippen LogP) is 14.6. The van der Waals surface area contributed by atoms with Crippen molar-refractivity contribution in [1.29, 1.82) is 0 Å². The van der Waals surface area contributed by atoms with Crippen LogP contribution in [0.3, 0.4) is 0 Å². The van der Waals surface area contributed by atoms with E-state index < -0.39 is 0 Å². The smallest absolute Gasteiger partial charge is 0.123 e. The Morgan fingerprint density at radius 3 is 1.06 bits per heavy atom. The van der Waals surface area contributed by atoms with Crippen molar-refractivity contribution in [2.24, 2.45) is 0 Å². The zero-order valence-corrected chi connectivity index (χ0v) is 30.1. The van der Waals surface area contributed by atoms with Gasteiger partial charge in [-0.05, 0) is 125 Å². The zero-order chi connectivity index (χ0) is 36.7. The molecule has 0 aliphatic heterocycles. The topological polar surface area (TPSA) is 6.48 Å². The first kappa shape index (κ1) is 34.1. The molecule has 8 aromatic rings. The van der Waals surface area contributed by atoms with Gasteiger partial charge in [0.1, 0.15) is 5.82 Å². The van der Waals surface area contributed by atoms with Crippen molar-refractivity contribution < 1.29 is 4.39 Å². The summed E-state index contributed by atoms with van der Waals surface area (Å²) in [6.45, 7) is 2.08. The summed E-state index contributed by atoms with van der Waals surface area (Å²) in [6.07, 6.45) is 4.27. The Labute approximate surface area is 317 Å². The van der Waals surface area contributed by atoms with Crippen LogP contribution >= 0.6 is 0 Å². The minimum atomic E-state index is -0.249. The van der Waals surface area contributed by atoms with E-state index in [1.165, 1.54) is 34.4 Å². The Hall–Kier alpha value is -6.97. The van der Waals surface area contributed by atoms with Crippen molar-refractivity contribution in [2.75, 3.05) is 9.80 Å². The van der Waals surface area contributed by atoms with Gasteiger partial charge >= 0.3 is 0 Å². The molecule has 8 rings (SSSR count). The molecule has 0 radical (unpaired) electrons. The summed E-state index contributed by atoms with van der Waals surface area (Å²) >= 11 is 0. The van der Waals surface area contributed by atoms with E-state index in [1.54, 1.807) is 0 Å². The lowest BCUT2D eigenvalue weighted by Gasteiger charge is -2.26. The van der Waals surface area contributed by atoms with Gasteiger partial charge in [-0.3, -0.25) is 0 Å². The van der Waals surface area contributed by atoms with E-state index in [1.807, 2.05) is 18.2 Å². The second-order valence-corrected chi connectivity index (χ2v) is 13.3. The van der Waals surface area contributed by atoms with Crippen LogP contribution in [0.1, 0.15) is 16.7 Å². The molecule has 2 nitrogen and oxygen atoms in total. The number of hydrogen-bond donors (Lipinski definition) is 0. The second kappa shape index (κ2) is 15.7. The lowest BCUT2D eigenvalue weighted by molar-refractivity contribution is 0.628. The number of halogens is 1. The van der Waals surface area contributed by atoms with Crippen molar-refractivity contribution in [3.05, 3.63) is 229 Å². The van der Waals surface area contributed by atoms with Gasteiger partial charge in [0.2, 0.25) is 0 Å². The molecule has 0 N–H and O–H groups in total. The van der Waals surface area contributed by atoms with Crippen LogP contribution in [-0.2, 0) is 0 Å². The molecule has 0 atom stereocenters. The summed E-state index contributed by atoms with van der Waals surface area (Å²) in [5.41, 5.74) is 14.4. The van der Waals surface area contributed by atoms with Gasteiger partial charge in [0.15, 0.2) is 0 Å². The third kappa shape index (κ3) is 7.77. The normalized spacial score (nSPS) is 11.1. The van der Waals surface area contributed by atoms with Crippen LogP contribution < -0.4 is 9.80 Å². The highest BCUT2D eigenvalue weighted by molar-refractivity contribution is 5.81. The van der Waals surface area contributed by atoms with Crippen molar-refractivity contribution >= 4 is 46.3 Å². The summed E-state index contributed by atoms with van der Waals surface area (Å²) in [5, 5.41) is 0. The Bertz CT molecular complexity index is 2390. The van der Waals surface area contributed by atoms with Crippen LogP contribution in [0.15, 0.2) is 206 Å². The van der Waals surface area contributed by atoms with Crippen LogP contribution in [0.5, 0.6) is 0 Å². The molecule has 260 valence electrons. The Balaban J connectivity index is 0.978. The maximum absolute atomic E-state index is 13.8. The molecule has 54 heavy (non-hydrogen) atoms. The van der Waals surface area contributed by atoms with Gasteiger partial charge in [0, 0.05) is 34.1 Å². The summed E-state index contributed by atoms with van der Waals surface area (Å²) in [5.74, 6) is -0.249. The van der Waals surface area contributed by atoms with E-state index in [0.29, 0.717) is 0 Å². The maximum atomic E-state index is 13.8. The number of hydrogen-bond acceptors (Lipinski definition) is 2. The third-order valence-electron chi connectivity index (χ3n) is 9.61. The standard InChI is InChI=1S/C51H39FN2/c1-38-12-28-47(29-13-38)54(51-36-26-45(52)27-37-51)48-30-18-40(19-31-48)15-14-39-16-20-42(21-17-39)44-24-34-50(35-25-44)53(46-10-6-3-7-11-46)49-32-22-43(23-33-49)41-8-4-2-5-9-41/h2-37H,1H3. The third-order valence-corrected chi connectivity index (χ3v) is 9.61. The van der Waals surface area contributed by atoms with Gasteiger partial charge in [-0.2, -0.15) is 0 Å². The van der Waals surface area contributed by atoms with E-state index in [4.69, 9.17) is 0 Å². The molecule has 0 saturated carbocycles.